The molecule has 10 heteroatoms. The minimum absolute atomic E-state index is 0.0864. The summed E-state index contributed by atoms with van der Waals surface area (Å²) in [5.74, 6) is -0.630. The number of sulfone groups is 1. The Morgan fingerprint density at radius 1 is 1.29 bits per heavy atom. The van der Waals surface area contributed by atoms with Gasteiger partial charge in [-0.3, -0.25) is 4.79 Å². The smallest absolute Gasteiger partial charge is 0.350 e. The van der Waals surface area contributed by atoms with Gasteiger partial charge in [0.1, 0.15) is 9.88 Å². The molecule has 0 aliphatic carbocycles. The van der Waals surface area contributed by atoms with Crippen LogP contribution in [0.2, 0.25) is 0 Å². The van der Waals surface area contributed by atoms with Crippen LogP contribution in [0, 0.1) is 20.8 Å². The first-order valence-electron chi connectivity index (χ1n) is 9.75. The van der Waals surface area contributed by atoms with Crippen LogP contribution in [0.25, 0.3) is 10.6 Å². The lowest BCUT2D eigenvalue weighted by atomic mass is 10.1. The first-order chi connectivity index (χ1) is 14.7. The maximum atomic E-state index is 12.8. The lowest BCUT2D eigenvalue weighted by Crippen LogP contribution is -2.17. The number of thiazole rings is 1. The van der Waals surface area contributed by atoms with Gasteiger partial charge in [-0.25, -0.2) is 18.2 Å². The average molecular weight is 479 g/mol. The van der Waals surface area contributed by atoms with E-state index >= 15 is 0 Å². The number of nitrogens with zero attached hydrogens (tertiary/aromatic N) is 2. The molecular formula is C21H22N2O5S3. The summed E-state index contributed by atoms with van der Waals surface area (Å²) in [4.78, 5) is 30.1. The third-order valence-electron chi connectivity index (χ3n) is 5.44. The van der Waals surface area contributed by atoms with E-state index in [4.69, 9.17) is 4.74 Å². The first kappa shape index (κ1) is 21.9. The molecule has 1 aliphatic rings. The van der Waals surface area contributed by atoms with E-state index in [1.165, 1.54) is 11.3 Å². The van der Waals surface area contributed by atoms with Gasteiger partial charge >= 0.3 is 5.97 Å². The Labute approximate surface area is 188 Å². The van der Waals surface area contributed by atoms with Crippen molar-refractivity contribution in [3.05, 3.63) is 50.4 Å². The second-order valence-electron chi connectivity index (χ2n) is 7.66. The van der Waals surface area contributed by atoms with E-state index in [0.29, 0.717) is 28.2 Å². The monoisotopic (exact) mass is 478 g/mol. The summed E-state index contributed by atoms with van der Waals surface area (Å²) >= 11 is 2.80. The Kier molecular flexibility index (Phi) is 5.89. The van der Waals surface area contributed by atoms with Crippen LogP contribution in [-0.4, -0.2) is 47.8 Å². The SMILES string of the molecule is Cc1nc(-c2ccsc2)sc1C(=O)OCC(=O)c1cc(C)n(C2CCS(=O)(=O)C2)c1C. The van der Waals surface area contributed by atoms with Crippen molar-refractivity contribution in [2.45, 2.75) is 33.2 Å². The van der Waals surface area contributed by atoms with Crippen molar-refractivity contribution in [1.82, 2.24) is 9.55 Å². The first-order valence-corrected chi connectivity index (χ1v) is 13.3. The summed E-state index contributed by atoms with van der Waals surface area (Å²) in [5.41, 5.74) is 3.51. The Balaban J connectivity index is 1.46. The number of esters is 1. The number of ketones is 1. The van der Waals surface area contributed by atoms with Crippen LogP contribution < -0.4 is 0 Å². The molecule has 4 rings (SSSR count). The average Bonchev–Trinajstić information content (AvgIpc) is 3.47. The van der Waals surface area contributed by atoms with E-state index in [0.717, 1.165) is 16.3 Å². The van der Waals surface area contributed by atoms with Crippen LogP contribution in [-0.2, 0) is 14.6 Å². The predicted molar refractivity (Wildman–Crippen MR) is 121 cm³/mol. The standard InChI is InChI=1S/C21H22N2O5S3/c1-12-8-17(14(3)23(12)16-5-7-31(26,27)11-16)18(24)9-28-21(25)19-13(2)22-20(30-19)15-4-6-29-10-15/h4,6,8,10,16H,5,7,9,11H2,1-3H3. The molecule has 1 unspecified atom stereocenters. The maximum absolute atomic E-state index is 12.8. The van der Waals surface area contributed by atoms with Gasteiger partial charge < -0.3 is 9.30 Å². The van der Waals surface area contributed by atoms with Gasteiger partial charge in [-0.2, -0.15) is 11.3 Å². The van der Waals surface area contributed by atoms with Crippen LogP contribution >= 0.6 is 22.7 Å². The van der Waals surface area contributed by atoms with E-state index in [1.54, 1.807) is 31.3 Å². The van der Waals surface area contributed by atoms with Crippen LogP contribution in [0.1, 0.15) is 49.6 Å². The van der Waals surface area contributed by atoms with Crippen molar-refractivity contribution in [3.8, 4) is 10.6 Å². The number of Topliss-reactive ketones (excluding diaryl/α,β-unsaturated/α-hetero) is 1. The van der Waals surface area contributed by atoms with E-state index in [1.807, 2.05) is 28.3 Å². The molecule has 164 valence electrons. The molecule has 0 saturated carbocycles. The van der Waals surface area contributed by atoms with Crippen LogP contribution in [0.3, 0.4) is 0 Å². The summed E-state index contributed by atoms with van der Waals surface area (Å²) in [6.45, 7) is 5.02. The normalized spacial score (nSPS) is 17.7. The fourth-order valence-electron chi connectivity index (χ4n) is 3.97. The van der Waals surface area contributed by atoms with Gasteiger partial charge in [0, 0.05) is 33.9 Å². The summed E-state index contributed by atoms with van der Waals surface area (Å²) < 4.78 is 30.9. The Hall–Kier alpha value is -2.30. The molecule has 1 fully saturated rings. The van der Waals surface area contributed by atoms with Gasteiger partial charge in [-0.05, 0) is 44.7 Å². The molecule has 7 nitrogen and oxygen atoms in total. The number of rotatable bonds is 6. The van der Waals surface area contributed by atoms with Gasteiger partial charge in [-0.1, -0.05) is 0 Å². The molecule has 3 aromatic heterocycles. The molecule has 0 spiro atoms. The van der Waals surface area contributed by atoms with Crippen molar-refractivity contribution in [1.29, 1.82) is 0 Å². The van der Waals surface area contributed by atoms with Gasteiger partial charge in [-0.15, -0.1) is 11.3 Å². The van der Waals surface area contributed by atoms with Gasteiger partial charge in [0.05, 0.1) is 17.2 Å². The Bertz CT molecular complexity index is 1250. The van der Waals surface area contributed by atoms with Crippen LogP contribution in [0.5, 0.6) is 0 Å². The molecule has 1 atom stereocenters. The van der Waals surface area contributed by atoms with Crippen molar-refractivity contribution < 1.29 is 22.7 Å². The molecule has 0 bridgehead atoms. The quantitative estimate of drug-likeness (QED) is 0.393. The highest BCUT2D eigenvalue weighted by atomic mass is 32.2. The topological polar surface area (TPSA) is 95.3 Å². The molecule has 3 aromatic rings. The van der Waals surface area contributed by atoms with Gasteiger partial charge in [0.2, 0.25) is 5.78 Å². The second-order valence-corrected chi connectivity index (χ2v) is 11.7. The zero-order valence-corrected chi connectivity index (χ0v) is 19.8. The van der Waals surface area contributed by atoms with E-state index in [-0.39, 0.29) is 29.9 Å². The van der Waals surface area contributed by atoms with Crippen molar-refractivity contribution in [2.24, 2.45) is 0 Å². The van der Waals surface area contributed by atoms with Gasteiger partial charge in [0.15, 0.2) is 16.4 Å². The van der Waals surface area contributed by atoms with Crippen LogP contribution in [0.15, 0.2) is 22.9 Å². The number of carbonyl (C=O) groups is 2. The summed E-state index contributed by atoms with van der Waals surface area (Å²) in [5, 5.41) is 4.65. The molecule has 0 aromatic carbocycles. The number of hydrogen-bond acceptors (Lipinski definition) is 8. The molecule has 0 amide bonds. The van der Waals surface area contributed by atoms with Crippen molar-refractivity contribution >= 4 is 44.3 Å². The molecule has 1 aliphatic heterocycles. The minimum atomic E-state index is -3.04. The molecule has 0 N–H and O–H groups in total. The highest BCUT2D eigenvalue weighted by Crippen LogP contribution is 2.31. The lowest BCUT2D eigenvalue weighted by Gasteiger charge is -2.16. The lowest BCUT2D eigenvalue weighted by molar-refractivity contribution is 0.0478. The highest BCUT2D eigenvalue weighted by molar-refractivity contribution is 7.91. The molecular weight excluding hydrogens is 456 g/mol. The number of aromatic nitrogens is 2. The summed E-state index contributed by atoms with van der Waals surface area (Å²) in [7, 11) is -3.04. The number of carbonyl (C=O) groups excluding carboxylic acids is 2. The Morgan fingerprint density at radius 3 is 2.71 bits per heavy atom. The molecule has 4 heterocycles. The fraction of sp³-hybridized carbons (Fsp3) is 0.381. The highest BCUT2D eigenvalue weighted by Gasteiger charge is 2.32. The number of ether oxygens (including phenoxy) is 1. The number of hydrogen-bond donors (Lipinski definition) is 0. The second kappa shape index (κ2) is 8.33. The third-order valence-corrected chi connectivity index (χ3v) is 9.06. The molecule has 1 saturated heterocycles. The van der Waals surface area contributed by atoms with Crippen LogP contribution in [0.4, 0.5) is 0 Å². The van der Waals surface area contributed by atoms with E-state index < -0.39 is 15.8 Å². The van der Waals surface area contributed by atoms with E-state index in [2.05, 4.69) is 4.98 Å². The zero-order chi connectivity index (χ0) is 22.3. The predicted octanol–water partition coefficient (Wildman–Crippen LogP) is 4.00. The largest absolute Gasteiger partial charge is 0.453 e. The maximum Gasteiger partial charge on any atom is 0.350 e. The Morgan fingerprint density at radius 2 is 2.06 bits per heavy atom. The number of aryl methyl sites for hydroxylation is 2. The fourth-order valence-corrected chi connectivity index (χ4v) is 7.34. The number of thiophene rings is 1. The van der Waals surface area contributed by atoms with Crippen molar-refractivity contribution in [3.63, 3.8) is 0 Å². The molecule has 0 radical (unpaired) electrons. The zero-order valence-electron chi connectivity index (χ0n) is 17.4. The molecule has 31 heavy (non-hydrogen) atoms. The van der Waals surface area contributed by atoms with E-state index in [9.17, 15) is 18.0 Å². The summed E-state index contributed by atoms with van der Waals surface area (Å²) in [6, 6.07) is 3.51. The summed E-state index contributed by atoms with van der Waals surface area (Å²) in [6.07, 6.45) is 0.540. The van der Waals surface area contributed by atoms with Crippen molar-refractivity contribution in [2.75, 3.05) is 18.1 Å². The third kappa shape index (κ3) is 4.37. The minimum Gasteiger partial charge on any atom is -0.453 e. The van der Waals surface area contributed by atoms with Gasteiger partial charge in [0.25, 0.3) is 0 Å².